The number of H-pyrrole nitrogens is 1. The zero-order valence-electron chi connectivity index (χ0n) is 13.2. The minimum atomic E-state index is -0.354. The molecule has 0 saturated carbocycles. The van der Waals surface area contributed by atoms with Gasteiger partial charge in [0.2, 0.25) is 5.78 Å². The van der Waals surface area contributed by atoms with Crippen LogP contribution in [0, 0.1) is 13.8 Å². The molecule has 0 aromatic carbocycles. The number of carbonyl (C=O) groups excluding carboxylic acids is 2. The number of rotatable bonds is 5. The predicted octanol–water partition coefficient (Wildman–Crippen LogP) is 1.06. The predicted molar refractivity (Wildman–Crippen MR) is 80.0 cm³/mol. The first-order valence-corrected chi connectivity index (χ1v) is 7.77. The van der Waals surface area contributed by atoms with E-state index in [2.05, 4.69) is 4.98 Å². The van der Waals surface area contributed by atoms with Crippen LogP contribution in [-0.4, -0.2) is 43.0 Å². The molecule has 1 aliphatic rings. The Hall–Kier alpha value is -1.62. The lowest BCUT2D eigenvalue weighted by atomic mass is 10.1. The molecule has 2 rings (SSSR count). The Labute approximate surface area is 125 Å². The number of aromatic nitrogens is 1. The Kier molecular flexibility index (Phi) is 5.17. The molecule has 0 amide bonds. The Morgan fingerprint density at radius 3 is 2.48 bits per heavy atom. The van der Waals surface area contributed by atoms with Gasteiger partial charge in [-0.1, -0.05) is 0 Å². The van der Waals surface area contributed by atoms with E-state index in [1.54, 1.807) is 6.92 Å². The van der Waals surface area contributed by atoms with Crippen LogP contribution >= 0.6 is 0 Å². The van der Waals surface area contributed by atoms with Crippen molar-refractivity contribution in [3.05, 3.63) is 22.5 Å². The molecule has 0 bridgehead atoms. The highest BCUT2D eigenvalue weighted by atomic mass is 16.5. The average Bonchev–Trinajstić information content (AvgIpc) is 2.75. The average molecular weight is 293 g/mol. The van der Waals surface area contributed by atoms with Crippen LogP contribution < -0.4 is 4.90 Å². The van der Waals surface area contributed by atoms with Crippen LogP contribution in [-0.2, 0) is 4.74 Å². The molecule has 5 heteroatoms. The molecule has 21 heavy (non-hydrogen) atoms. The summed E-state index contributed by atoms with van der Waals surface area (Å²) in [6.45, 7) is 8.37. The second-order valence-electron chi connectivity index (χ2n) is 5.76. The number of aryl methyl sites for hydroxylation is 1. The molecular formula is C16H25N2O3+. The second kappa shape index (κ2) is 6.89. The summed E-state index contributed by atoms with van der Waals surface area (Å²) in [7, 11) is 0. The van der Waals surface area contributed by atoms with Crippen LogP contribution in [0.15, 0.2) is 0 Å². The summed E-state index contributed by atoms with van der Waals surface area (Å²) in [5.74, 6) is -0.267. The van der Waals surface area contributed by atoms with Gasteiger partial charge in [-0.3, -0.25) is 4.79 Å². The Morgan fingerprint density at radius 2 is 1.86 bits per heavy atom. The van der Waals surface area contributed by atoms with Crippen molar-refractivity contribution in [3.8, 4) is 0 Å². The smallest absolute Gasteiger partial charge is 0.340 e. The number of nitrogens with one attached hydrogen (secondary N) is 2. The third kappa shape index (κ3) is 3.53. The fraction of sp³-hybridized carbons (Fsp3) is 0.625. The highest BCUT2D eigenvalue weighted by Crippen LogP contribution is 2.19. The van der Waals surface area contributed by atoms with E-state index in [1.807, 2.05) is 13.8 Å². The van der Waals surface area contributed by atoms with Crippen molar-refractivity contribution in [2.45, 2.75) is 40.0 Å². The van der Waals surface area contributed by atoms with Crippen molar-refractivity contribution in [3.63, 3.8) is 0 Å². The fourth-order valence-electron chi connectivity index (χ4n) is 3.08. The number of hydrogen-bond acceptors (Lipinski definition) is 3. The van der Waals surface area contributed by atoms with E-state index in [0.717, 1.165) is 13.1 Å². The quantitative estimate of drug-likeness (QED) is 0.630. The van der Waals surface area contributed by atoms with Crippen LogP contribution in [0.4, 0.5) is 0 Å². The number of esters is 1. The third-order valence-electron chi connectivity index (χ3n) is 4.17. The van der Waals surface area contributed by atoms with Crippen LogP contribution in [0.5, 0.6) is 0 Å². The Morgan fingerprint density at radius 1 is 1.19 bits per heavy atom. The van der Waals surface area contributed by atoms with Gasteiger partial charge in [0.25, 0.3) is 0 Å². The maximum atomic E-state index is 12.5. The SMILES string of the molecule is CCOC(=O)c1c(C)[nH]c(C(=O)C[NH+]2CCCCC2)c1C. The zero-order chi connectivity index (χ0) is 15.4. The molecule has 0 unspecified atom stereocenters. The topological polar surface area (TPSA) is 63.6 Å². The van der Waals surface area contributed by atoms with Gasteiger partial charge >= 0.3 is 5.97 Å². The monoisotopic (exact) mass is 293 g/mol. The molecule has 1 aliphatic heterocycles. The van der Waals surface area contributed by atoms with Crippen LogP contribution in [0.25, 0.3) is 0 Å². The van der Waals surface area contributed by atoms with E-state index < -0.39 is 0 Å². The molecule has 0 spiro atoms. The first-order valence-electron chi connectivity index (χ1n) is 7.77. The summed E-state index contributed by atoms with van der Waals surface area (Å²) in [6, 6.07) is 0. The van der Waals surface area contributed by atoms with E-state index in [1.165, 1.54) is 24.2 Å². The molecule has 1 saturated heterocycles. The van der Waals surface area contributed by atoms with E-state index in [4.69, 9.17) is 4.74 Å². The minimum absolute atomic E-state index is 0.0862. The second-order valence-corrected chi connectivity index (χ2v) is 5.76. The van der Waals surface area contributed by atoms with Crippen LogP contribution in [0.2, 0.25) is 0 Å². The Bertz CT molecular complexity index is 528. The molecule has 116 valence electrons. The summed E-state index contributed by atoms with van der Waals surface area (Å²) in [5.41, 5.74) is 2.50. The van der Waals surface area contributed by atoms with Crippen LogP contribution in [0.3, 0.4) is 0 Å². The summed E-state index contributed by atoms with van der Waals surface area (Å²) in [6.07, 6.45) is 3.66. The summed E-state index contributed by atoms with van der Waals surface area (Å²) >= 11 is 0. The number of likely N-dealkylation sites (tertiary alicyclic amines) is 1. The van der Waals surface area contributed by atoms with E-state index in [9.17, 15) is 9.59 Å². The number of piperidine rings is 1. The van der Waals surface area contributed by atoms with Gasteiger partial charge in [0.1, 0.15) is 6.54 Å². The number of ether oxygens (including phenoxy) is 1. The lowest BCUT2D eigenvalue weighted by Crippen LogP contribution is -3.13. The van der Waals surface area contributed by atoms with E-state index in [0.29, 0.717) is 35.7 Å². The normalized spacial score (nSPS) is 16.0. The van der Waals surface area contributed by atoms with Gasteiger partial charge in [-0.2, -0.15) is 0 Å². The minimum Gasteiger partial charge on any atom is -0.462 e. The lowest BCUT2D eigenvalue weighted by Gasteiger charge is -2.22. The third-order valence-corrected chi connectivity index (χ3v) is 4.17. The van der Waals surface area contributed by atoms with Crippen molar-refractivity contribution in [2.75, 3.05) is 26.2 Å². The highest BCUT2D eigenvalue weighted by Gasteiger charge is 2.25. The van der Waals surface area contributed by atoms with E-state index in [-0.39, 0.29) is 11.8 Å². The van der Waals surface area contributed by atoms with Gasteiger partial charge in [0.05, 0.1) is 31.0 Å². The molecular weight excluding hydrogens is 268 g/mol. The number of carbonyl (C=O) groups is 2. The highest BCUT2D eigenvalue weighted by molar-refractivity contribution is 6.01. The molecule has 0 atom stereocenters. The van der Waals surface area contributed by atoms with Crippen molar-refractivity contribution in [1.29, 1.82) is 0 Å². The standard InChI is InChI=1S/C16H24N2O3/c1-4-21-16(20)14-11(2)15(17-12(14)3)13(19)10-18-8-6-5-7-9-18/h17H,4-10H2,1-3H3/p+1. The first-order chi connectivity index (χ1) is 10.0. The summed E-state index contributed by atoms with van der Waals surface area (Å²) < 4.78 is 5.06. The molecule has 1 aromatic heterocycles. The van der Waals surface area contributed by atoms with Gasteiger partial charge in [0.15, 0.2) is 0 Å². The van der Waals surface area contributed by atoms with Crippen molar-refractivity contribution in [2.24, 2.45) is 0 Å². The van der Waals surface area contributed by atoms with Gasteiger partial charge in [-0.05, 0) is 45.6 Å². The van der Waals surface area contributed by atoms with Crippen molar-refractivity contribution >= 4 is 11.8 Å². The largest absolute Gasteiger partial charge is 0.462 e. The number of Topliss-reactive ketones (excluding diaryl/α,β-unsaturated/α-hetero) is 1. The molecule has 0 radical (unpaired) electrons. The first kappa shape index (κ1) is 15.8. The van der Waals surface area contributed by atoms with Crippen LogP contribution in [0.1, 0.15) is 58.3 Å². The molecule has 2 N–H and O–H groups in total. The number of ketones is 1. The van der Waals surface area contributed by atoms with E-state index >= 15 is 0 Å². The van der Waals surface area contributed by atoms with Gasteiger partial charge in [-0.25, -0.2) is 4.79 Å². The maximum Gasteiger partial charge on any atom is 0.340 e. The fourth-order valence-corrected chi connectivity index (χ4v) is 3.08. The lowest BCUT2D eigenvalue weighted by molar-refractivity contribution is -0.896. The van der Waals surface area contributed by atoms with Crippen molar-refractivity contribution in [1.82, 2.24) is 4.98 Å². The number of quaternary nitrogens is 1. The Balaban J connectivity index is 2.14. The maximum absolute atomic E-state index is 12.5. The van der Waals surface area contributed by atoms with Crippen molar-refractivity contribution < 1.29 is 19.2 Å². The molecule has 1 fully saturated rings. The summed E-state index contributed by atoms with van der Waals surface area (Å²) in [4.78, 5) is 28.9. The number of hydrogen-bond donors (Lipinski definition) is 2. The van der Waals surface area contributed by atoms with Gasteiger partial charge in [0, 0.05) is 5.69 Å². The molecule has 1 aromatic rings. The van der Waals surface area contributed by atoms with Gasteiger partial charge < -0.3 is 14.6 Å². The zero-order valence-corrected chi connectivity index (χ0v) is 13.2. The van der Waals surface area contributed by atoms with Gasteiger partial charge in [-0.15, -0.1) is 0 Å². The number of aromatic amines is 1. The molecule has 0 aliphatic carbocycles. The summed E-state index contributed by atoms with van der Waals surface area (Å²) in [5, 5.41) is 0. The molecule has 2 heterocycles. The molecule has 5 nitrogen and oxygen atoms in total.